The predicted molar refractivity (Wildman–Crippen MR) is 46.5 cm³/mol. The van der Waals surface area contributed by atoms with Crippen LogP contribution in [0.15, 0.2) is 15.8 Å². The van der Waals surface area contributed by atoms with Gasteiger partial charge in [0, 0.05) is 0 Å². The minimum absolute atomic E-state index is 0.0623. The Kier molecular flexibility index (Phi) is 3.05. The summed E-state index contributed by atoms with van der Waals surface area (Å²) in [6, 6.07) is -0.0623. The molecule has 0 atom stereocenters. The molecule has 0 aliphatic heterocycles. The maximum atomic E-state index is 11.2. The Hall–Kier alpha value is -2.05. The number of oxime groups is 1. The third-order valence-corrected chi connectivity index (χ3v) is 1.33. The molecule has 1 aromatic rings. The zero-order valence-electron chi connectivity index (χ0n) is 7.68. The summed E-state index contributed by atoms with van der Waals surface area (Å²) >= 11 is 0. The highest BCUT2D eigenvalue weighted by atomic mass is 16.6. The molecule has 0 aliphatic carbocycles. The average molecular weight is 199 g/mol. The first-order valence-electron chi connectivity index (χ1n) is 3.60. The molecule has 14 heavy (non-hydrogen) atoms. The van der Waals surface area contributed by atoms with Crippen molar-refractivity contribution in [2.24, 2.45) is 5.16 Å². The van der Waals surface area contributed by atoms with Crippen LogP contribution in [0.3, 0.4) is 0 Å². The molecule has 0 amide bonds. The summed E-state index contributed by atoms with van der Waals surface area (Å²) in [4.78, 5) is 19.3. The maximum absolute atomic E-state index is 11.2. The first kappa shape index (κ1) is 10.0. The van der Waals surface area contributed by atoms with Crippen molar-refractivity contribution in [2.45, 2.75) is 0 Å². The number of rotatable bonds is 3. The van der Waals surface area contributed by atoms with Crippen LogP contribution in [-0.4, -0.2) is 30.9 Å². The molecule has 0 aromatic carbocycles. The molecule has 2 N–H and O–H groups in total. The van der Waals surface area contributed by atoms with Crippen LogP contribution in [0.5, 0.6) is 0 Å². The molecule has 1 rings (SSSR count). The fourth-order valence-electron chi connectivity index (χ4n) is 0.773. The van der Waals surface area contributed by atoms with E-state index in [1.165, 1.54) is 20.5 Å². The third kappa shape index (κ3) is 2.00. The Bertz CT molecular complexity index is 358. The lowest BCUT2D eigenvalue weighted by atomic mass is 10.3. The number of hydrogen-bond donors (Lipinski definition) is 1. The number of nitrogens with zero attached hydrogens (tertiary/aromatic N) is 2. The van der Waals surface area contributed by atoms with E-state index in [1.807, 2.05) is 0 Å². The minimum atomic E-state index is -0.680. The number of ether oxygens (including phenoxy) is 1. The highest BCUT2D eigenvalue weighted by molar-refractivity contribution is 6.42. The Morgan fingerprint density at radius 3 is 2.79 bits per heavy atom. The fourth-order valence-corrected chi connectivity index (χ4v) is 0.773. The molecule has 0 bridgehead atoms. The maximum Gasteiger partial charge on any atom is 0.362 e. The highest BCUT2D eigenvalue weighted by Gasteiger charge is 2.19. The van der Waals surface area contributed by atoms with E-state index >= 15 is 0 Å². The SMILES string of the molecule is CO/N=C(\C(=O)OC)c1coc(N)n1. The molecule has 1 heterocycles. The van der Waals surface area contributed by atoms with Crippen molar-refractivity contribution in [1.29, 1.82) is 0 Å². The smallest absolute Gasteiger partial charge is 0.362 e. The molecule has 0 saturated carbocycles. The number of anilines is 1. The van der Waals surface area contributed by atoms with Crippen LogP contribution < -0.4 is 5.73 Å². The van der Waals surface area contributed by atoms with Gasteiger partial charge in [0.1, 0.15) is 19.1 Å². The third-order valence-electron chi connectivity index (χ3n) is 1.33. The zero-order chi connectivity index (χ0) is 10.6. The van der Waals surface area contributed by atoms with Gasteiger partial charge in [0.25, 0.3) is 6.01 Å². The molecule has 0 spiro atoms. The van der Waals surface area contributed by atoms with Gasteiger partial charge in [-0.2, -0.15) is 4.98 Å². The van der Waals surface area contributed by atoms with Gasteiger partial charge in [-0.15, -0.1) is 0 Å². The highest BCUT2D eigenvalue weighted by Crippen LogP contribution is 2.05. The van der Waals surface area contributed by atoms with Crippen molar-refractivity contribution in [1.82, 2.24) is 4.98 Å². The first-order chi connectivity index (χ1) is 6.69. The van der Waals surface area contributed by atoms with Crippen molar-refractivity contribution >= 4 is 17.7 Å². The van der Waals surface area contributed by atoms with Crippen LogP contribution in [0.25, 0.3) is 0 Å². The van der Waals surface area contributed by atoms with Gasteiger partial charge in [0.05, 0.1) is 7.11 Å². The quantitative estimate of drug-likeness (QED) is 0.410. The van der Waals surface area contributed by atoms with Gasteiger partial charge < -0.3 is 19.7 Å². The van der Waals surface area contributed by atoms with Gasteiger partial charge in [-0.1, -0.05) is 5.16 Å². The van der Waals surface area contributed by atoms with Gasteiger partial charge in [-0.3, -0.25) is 0 Å². The summed E-state index contributed by atoms with van der Waals surface area (Å²) < 4.78 is 9.17. The van der Waals surface area contributed by atoms with Gasteiger partial charge in [-0.05, 0) is 0 Å². The molecule has 7 nitrogen and oxygen atoms in total. The molecular weight excluding hydrogens is 190 g/mol. The molecule has 7 heteroatoms. The van der Waals surface area contributed by atoms with E-state index in [-0.39, 0.29) is 17.4 Å². The van der Waals surface area contributed by atoms with Gasteiger partial charge in [-0.25, -0.2) is 4.79 Å². The molecule has 0 saturated heterocycles. The zero-order valence-corrected chi connectivity index (χ0v) is 7.68. The van der Waals surface area contributed by atoms with Crippen LogP contribution in [-0.2, 0) is 14.4 Å². The minimum Gasteiger partial charge on any atom is -0.464 e. The van der Waals surface area contributed by atoms with Crippen molar-refractivity contribution in [2.75, 3.05) is 20.0 Å². The number of hydrogen-bond acceptors (Lipinski definition) is 7. The van der Waals surface area contributed by atoms with Crippen molar-refractivity contribution in [3.8, 4) is 0 Å². The number of esters is 1. The van der Waals surface area contributed by atoms with E-state index in [9.17, 15) is 4.79 Å². The normalized spacial score (nSPS) is 11.1. The number of nitrogen functional groups attached to an aromatic ring is 1. The predicted octanol–water partition coefficient (Wildman–Crippen LogP) is -0.220. The van der Waals surface area contributed by atoms with E-state index < -0.39 is 5.97 Å². The summed E-state index contributed by atoms with van der Waals surface area (Å²) in [5.74, 6) is -0.680. The lowest BCUT2D eigenvalue weighted by Crippen LogP contribution is -2.18. The number of methoxy groups -OCH3 is 1. The Labute approximate surface area is 79.5 Å². The van der Waals surface area contributed by atoms with E-state index in [4.69, 9.17) is 10.2 Å². The van der Waals surface area contributed by atoms with Gasteiger partial charge in [0.15, 0.2) is 0 Å². The van der Waals surface area contributed by atoms with Crippen LogP contribution in [0, 0.1) is 0 Å². The summed E-state index contributed by atoms with van der Waals surface area (Å²) in [6.45, 7) is 0. The van der Waals surface area contributed by atoms with E-state index in [2.05, 4.69) is 19.7 Å². The standard InChI is InChI=1S/C7H9N3O4/c1-12-6(11)5(10-13-2)4-3-14-7(8)9-4/h3H,1-2H3,(H2,8,9)/b10-5-. The fraction of sp³-hybridized carbons (Fsp3) is 0.286. The van der Waals surface area contributed by atoms with E-state index in [1.54, 1.807) is 0 Å². The second kappa shape index (κ2) is 4.26. The lowest BCUT2D eigenvalue weighted by Gasteiger charge is -1.98. The average Bonchev–Trinajstić information content (AvgIpc) is 2.60. The summed E-state index contributed by atoms with van der Waals surface area (Å²) in [6.07, 6.45) is 1.18. The summed E-state index contributed by atoms with van der Waals surface area (Å²) in [5, 5.41) is 3.44. The van der Waals surface area contributed by atoms with Crippen LogP contribution in [0.4, 0.5) is 6.01 Å². The molecule has 1 aromatic heterocycles. The Balaban J connectivity index is 3.00. The first-order valence-corrected chi connectivity index (χ1v) is 3.60. The van der Waals surface area contributed by atoms with Crippen molar-refractivity contribution in [3.05, 3.63) is 12.0 Å². The molecule has 0 radical (unpaired) electrons. The topological polar surface area (TPSA) is 99.9 Å². The number of oxazole rings is 1. The number of carbonyl (C=O) groups is 1. The van der Waals surface area contributed by atoms with Crippen molar-refractivity contribution in [3.63, 3.8) is 0 Å². The van der Waals surface area contributed by atoms with E-state index in [0.717, 1.165) is 0 Å². The number of aromatic nitrogens is 1. The molecule has 76 valence electrons. The molecular formula is C7H9N3O4. The van der Waals surface area contributed by atoms with Crippen LogP contribution >= 0.6 is 0 Å². The summed E-state index contributed by atoms with van der Waals surface area (Å²) in [7, 11) is 2.52. The molecule has 0 aliphatic rings. The lowest BCUT2D eigenvalue weighted by molar-refractivity contribution is -0.132. The van der Waals surface area contributed by atoms with Crippen LogP contribution in [0.1, 0.15) is 5.69 Å². The van der Waals surface area contributed by atoms with Gasteiger partial charge >= 0.3 is 5.97 Å². The monoisotopic (exact) mass is 199 g/mol. The largest absolute Gasteiger partial charge is 0.464 e. The Morgan fingerprint density at radius 2 is 2.36 bits per heavy atom. The molecule has 0 unspecified atom stereocenters. The second-order valence-corrected chi connectivity index (χ2v) is 2.19. The molecule has 0 fully saturated rings. The summed E-state index contributed by atoms with van der Waals surface area (Å²) in [5.41, 5.74) is 5.29. The van der Waals surface area contributed by atoms with Crippen LogP contribution in [0.2, 0.25) is 0 Å². The van der Waals surface area contributed by atoms with E-state index in [0.29, 0.717) is 0 Å². The number of carbonyl (C=O) groups excluding carboxylic acids is 1. The van der Waals surface area contributed by atoms with Crippen molar-refractivity contribution < 1.29 is 18.8 Å². The number of nitrogens with two attached hydrogens (primary N) is 1. The van der Waals surface area contributed by atoms with Gasteiger partial charge in [0.2, 0.25) is 5.71 Å². The Morgan fingerprint density at radius 1 is 1.64 bits per heavy atom. The second-order valence-electron chi connectivity index (χ2n) is 2.19.